The first-order valence-corrected chi connectivity index (χ1v) is 15.0. The van der Waals surface area contributed by atoms with Crippen molar-refractivity contribution >= 4 is 43.7 Å². The lowest BCUT2D eigenvalue weighted by Crippen LogP contribution is -1.94. The molecule has 2 nitrogen and oxygen atoms in total. The van der Waals surface area contributed by atoms with Crippen LogP contribution in [0.4, 0.5) is 0 Å². The van der Waals surface area contributed by atoms with Crippen molar-refractivity contribution in [1.82, 2.24) is 4.57 Å². The fraction of sp³-hybridized carbons (Fsp3) is 0. The SMILES string of the molecule is c1ccc(-c2cc(-c3ccccc3)cc(-c3ccc(-n4c5ccccc5c5cc6c(cc54)oc4ccccc46)cc3)c2)cc1. The number of hydrogen-bond donors (Lipinski definition) is 0. The first kappa shape index (κ1) is 24.7. The molecule has 0 spiro atoms. The molecule has 0 aliphatic carbocycles. The van der Waals surface area contributed by atoms with Crippen molar-refractivity contribution in [1.29, 1.82) is 0 Å². The van der Waals surface area contributed by atoms with Crippen LogP contribution in [0.3, 0.4) is 0 Å². The lowest BCUT2D eigenvalue weighted by Gasteiger charge is -2.13. The first-order chi connectivity index (χ1) is 21.8. The van der Waals surface area contributed by atoms with Crippen molar-refractivity contribution in [2.24, 2.45) is 0 Å². The van der Waals surface area contributed by atoms with Gasteiger partial charge in [-0.1, -0.05) is 109 Å². The Kier molecular flexibility index (Phi) is 5.54. The van der Waals surface area contributed by atoms with E-state index < -0.39 is 0 Å². The first-order valence-electron chi connectivity index (χ1n) is 15.0. The van der Waals surface area contributed by atoms with Crippen LogP contribution < -0.4 is 0 Å². The van der Waals surface area contributed by atoms with Crippen LogP contribution in [0.1, 0.15) is 0 Å². The molecule has 206 valence electrons. The second kappa shape index (κ2) is 9.86. The van der Waals surface area contributed by atoms with Gasteiger partial charge in [-0.2, -0.15) is 0 Å². The summed E-state index contributed by atoms with van der Waals surface area (Å²) in [7, 11) is 0. The van der Waals surface area contributed by atoms with Gasteiger partial charge in [0.15, 0.2) is 0 Å². The fourth-order valence-corrected chi connectivity index (χ4v) is 6.66. The van der Waals surface area contributed by atoms with Gasteiger partial charge in [-0.15, -0.1) is 0 Å². The number of nitrogens with zero attached hydrogens (tertiary/aromatic N) is 1. The number of furan rings is 1. The van der Waals surface area contributed by atoms with Crippen molar-refractivity contribution in [2.75, 3.05) is 0 Å². The lowest BCUT2D eigenvalue weighted by molar-refractivity contribution is 0.669. The molecule has 2 heteroatoms. The third-order valence-electron chi connectivity index (χ3n) is 8.78. The van der Waals surface area contributed by atoms with E-state index in [0.717, 1.165) is 33.1 Å². The van der Waals surface area contributed by atoms with Gasteiger partial charge in [0.05, 0.1) is 11.0 Å². The standard InChI is InChI=1S/C42H27NO/c1-3-11-28(12-4-1)31-23-32(29-13-5-2-6-14-29)25-33(24-31)30-19-21-34(22-20-30)43-39-17-9-7-15-35(39)37-26-38-36-16-8-10-18-41(36)44-42(38)27-40(37)43/h1-27H. The van der Waals surface area contributed by atoms with E-state index in [0.29, 0.717) is 0 Å². The molecule has 0 N–H and O–H groups in total. The van der Waals surface area contributed by atoms with Crippen LogP contribution in [0.2, 0.25) is 0 Å². The molecule has 0 saturated carbocycles. The number of aromatic nitrogens is 1. The molecule has 0 aliphatic heterocycles. The molecule has 9 rings (SSSR count). The van der Waals surface area contributed by atoms with Crippen molar-refractivity contribution in [3.05, 3.63) is 164 Å². The Morgan fingerprint density at radius 3 is 1.52 bits per heavy atom. The minimum atomic E-state index is 0.908. The summed E-state index contributed by atoms with van der Waals surface area (Å²) in [6.45, 7) is 0. The molecular formula is C42H27NO. The molecule has 44 heavy (non-hydrogen) atoms. The molecule has 0 saturated heterocycles. The topological polar surface area (TPSA) is 18.1 Å². The van der Waals surface area contributed by atoms with Crippen LogP contribution in [0.5, 0.6) is 0 Å². The molecule has 9 aromatic rings. The van der Waals surface area contributed by atoms with E-state index in [1.165, 1.54) is 49.7 Å². The van der Waals surface area contributed by atoms with E-state index in [2.05, 4.69) is 156 Å². The van der Waals surface area contributed by atoms with Gasteiger partial charge in [-0.25, -0.2) is 0 Å². The molecule has 0 radical (unpaired) electrons. The zero-order valence-corrected chi connectivity index (χ0v) is 23.9. The summed E-state index contributed by atoms with van der Waals surface area (Å²) in [5.41, 5.74) is 12.5. The summed E-state index contributed by atoms with van der Waals surface area (Å²) in [6, 6.07) is 58.6. The van der Waals surface area contributed by atoms with E-state index in [1.807, 2.05) is 12.1 Å². The maximum Gasteiger partial charge on any atom is 0.137 e. The molecule has 7 aromatic carbocycles. The molecule has 2 aromatic heterocycles. The third-order valence-corrected chi connectivity index (χ3v) is 8.78. The molecule has 0 amide bonds. The zero-order valence-electron chi connectivity index (χ0n) is 23.9. The van der Waals surface area contributed by atoms with Crippen LogP contribution in [0, 0.1) is 0 Å². The predicted octanol–water partition coefficient (Wildman–Crippen LogP) is 11.7. The van der Waals surface area contributed by atoms with Crippen molar-refractivity contribution < 1.29 is 4.42 Å². The van der Waals surface area contributed by atoms with Gasteiger partial charge in [-0.3, -0.25) is 0 Å². The average molecular weight is 562 g/mol. The molecular weight excluding hydrogens is 534 g/mol. The smallest absolute Gasteiger partial charge is 0.137 e. The van der Waals surface area contributed by atoms with Crippen LogP contribution in [-0.2, 0) is 0 Å². The highest BCUT2D eigenvalue weighted by atomic mass is 16.3. The van der Waals surface area contributed by atoms with Crippen molar-refractivity contribution in [2.45, 2.75) is 0 Å². The van der Waals surface area contributed by atoms with E-state index in [4.69, 9.17) is 4.42 Å². The van der Waals surface area contributed by atoms with Gasteiger partial charge < -0.3 is 8.98 Å². The number of rotatable bonds is 4. The summed E-state index contributed by atoms with van der Waals surface area (Å²) < 4.78 is 8.66. The maximum absolute atomic E-state index is 6.31. The number of hydrogen-bond acceptors (Lipinski definition) is 1. The second-order valence-electron chi connectivity index (χ2n) is 11.4. The lowest BCUT2D eigenvalue weighted by atomic mass is 9.93. The Bertz CT molecular complexity index is 2410. The largest absolute Gasteiger partial charge is 0.456 e. The second-order valence-corrected chi connectivity index (χ2v) is 11.4. The highest BCUT2D eigenvalue weighted by molar-refractivity contribution is 6.17. The predicted molar refractivity (Wildman–Crippen MR) is 184 cm³/mol. The number of benzene rings is 7. The normalized spacial score (nSPS) is 11.6. The van der Waals surface area contributed by atoms with Gasteiger partial charge in [0.1, 0.15) is 11.2 Å². The highest BCUT2D eigenvalue weighted by Gasteiger charge is 2.16. The maximum atomic E-state index is 6.31. The number of fused-ring (bicyclic) bond motifs is 6. The Morgan fingerprint density at radius 1 is 0.318 bits per heavy atom. The molecule has 2 heterocycles. The molecule has 0 fully saturated rings. The van der Waals surface area contributed by atoms with E-state index >= 15 is 0 Å². The summed E-state index contributed by atoms with van der Waals surface area (Å²) >= 11 is 0. The quantitative estimate of drug-likeness (QED) is 0.209. The van der Waals surface area contributed by atoms with Crippen LogP contribution in [0.25, 0.3) is 82.8 Å². The van der Waals surface area contributed by atoms with Crippen molar-refractivity contribution in [3.63, 3.8) is 0 Å². The van der Waals surface area contributed by atoms with Crippen LogP contribution >= 0.6 is 0 Å². The third kappa shape index (κ3) is 3.96. The molecule has 0 atom stereocenters. The minimum absolute atomic E-state index is 0.908. The zero-order chi connectivity index (χ0) is 29.0. The Labute approximate surface area is 255 Å². The van der Waals surface area contributed by atoms with Gasteiger partial charge in [0.2, 0.25) is 0 Å². The summed E-state index contributed by atoms with van der Waals surface area (Å²) in [5, 5.41) is 4.77. The Hall–Kier alpha value is -5.86. The van der Waals surface area contributed by atoms with Gasteiger partial charge in [0.25, 0.3) is 0 Å². The van der Waals surface area contributed by atoms with Crippen LogP contribution in [0.15, 0.2) is 168 Å². The summed E-state index contributed by atoms with van der Waals surface area (Å²) in [5.74, 6) is 0. The summed E-state index contributed by atoms with van der Waals surface area (Å²) in [4.78, 5) is 0. The highest BCUT2D eigenvalue weighted by Crippen LogP contribution is 2.39. The molecule has 0 unspecified atom stereocenters. The molecule has 0 bridgehead atoms. The van der Waals surface area contributed by atoms with E-state index in [1.54, 1.807) is 0 Å². The monoisotopic (exact) mass is 561 g/mol. The molecule has 0 aliphatic rings. The van der Waals surface area contributed by atoms with Gasteiger partial charge >= 0.3 is 0 Å². The van der Waals surface area contributed by atoms with Crippen LogP contribution in [-0.4, -0.2) is 4.57 Å². The van der Waals surface area contributed by atoms with Gasteiger partial charge in [-0.05, 0) is 81.9 Å². The Balaban J connectivity index is 1.21. The van der Waals surface area contributed by atoms with Crippen molar-refractivity contribution in [3.8, 4) is 39.1 Å². The fourth-order valence-electron chi connectivity index (χ4n) is 6.66. The number of para-hydroxylation sites is 2. The van der Waals surface area contributed by atoms with E-state index in [-0.39, 0.29) is 0 Å². The van der Waals surface area contributed by atoms with E-state index in [9.17, 15) is 0 Å². The minimum Gasteiger partial charge on any atom is -0.456 e. The summed E-state index contributed by atoms with van der Waals surface area (Å²) in [6.07, 6.45) is 0. The van der Waals surface area contributed by atoms with Gasteiger partial charge in [0, 0.05) is 33.3 Å². The average Bonchev–Trinajstić information content (AvgIpc) is 3.62. The Morgan fingerprint density at radius 2 is 0.864 bits per heavy atom.